The number of likely N-dealkylation sites (tertiary alicyclic amines) is 1. The lowest BCUT2D eigenvalue weighted by Crippen LogP contribution is -2.34. The number of nitrogens with two attached hydrogens (primary N) is 1. The summed E-state index contributed by atoms with van der Waals surface area (Å²) >= 11 is 0. The lowest BCUT2D eigenvalue weighted by Gasteiger charge is -2.14. The molecule has 0 aliphatic carbocycles. The van der Waals surface area contributed by atoms with Crippen molar-refractivity contribution in [3.05, 3.63) is 0 Å². The Labute approximate surface area is 72.7 Å². The van der Waals surface area contributed by atoms with Crippen LogP contribution in [0, 0.1) is 5.92 Å². The zero-order valence-electron chi connectivity index (χ0n) is 7.45. The summed E-state index contributed by atoms with van der Waals surface area (Å²) in [4.78, 5) is 12.9. The molecule has 0 bridgehead atoms. The summed E-state index contributed by atoms with van der Waals surface area (Å²) in [5.74, 6) is 0.555. The Morgan fingerprint density at radius 1 is 1.75 bits per heavy atom. The number of nitrogens with zero attached hydrogens (tertiary/aromatic N) is 1. The molecule has 0 unspecified atom stereocenters. The highest BCUT2D eigenvalue weighted by Gasteiger charge is 2.24. The maximum absolute atomic E-state index is 11.1. The van der Waals surface area contributed by atoms with Crippen molar-refractivity contribution in [1.29, 1.82) is 0 Å². The average Bonchev–Trinajstić information content (AvgIpc) is 2.52. The van der Waals surface area contributed by atoms with Gasteiger partial charge in [0.1, 0.15) is 0 Å². The van der Waals surface area contributed by atoms with Gasteiger partial charge in [-0.05, 0) is 6.42 Å². The Balaban J connectivity index is 2.30. The van der Waals surface area contributed by atoms with Crippen LogP contribution in [-0.4, -0.2) is 44.2 Å². The molecule has 70 valence electrons. The van der Waals surface area contributed by atoms with E-state index >= 15 is 0 Å². The molecule has 1 aliphatic rings. The van der Waals surface area contributed by atoms with Crippen LogP contribution in [0.25, 0.3) is 0 Å². The van der Waals surface area contributed by atoms with Gasteiger partial charge in [0.05, 0.1) is 13.2 Å². The number of carbonyl (C=O) groups excluding carboxylic acids is 1. The fourth-order valence-corrected chi connectivity index (χ4v) is 1.56. The minimum atomic E-state index is 0.0496. The summed E-state index contributed by atoms with van der Waals surface area (Å²) in [6.07, 6.45) is 1.04. The van der Waals surface area contributed by atoms with Crippen molar-refractivity contribution in [2.75, 3.05) is 33.4 Å². The van der Waals surface area contributed by atoms with E-state index < -0.39 is 0 Å². The predicted octanol–water partition coefficient (Wildman–Crippen LogP) is -0.560. The second-order valence-electron chi connectivity index (χ2n) is 3.15. The summed E-state index contributed by atoms with van der Waals surface area (Å²) in [6, 6.07) is 0. The molecule has 1 fully saturated rings. The van der Waals surface area contributed by atoms with Crippen LogP contribution in [0.3, 0.4) is 0 Å². The van der Waals surface area contributed by atoms with E-state index in [1.165, 1.54) is 0 Å². The molecule has 0 radical (unpaired) electrons. The monoisotopic (exact) mass is 172 g/mol. The molecule has 12 heavy (non-hydrogen) atoms. The van der Waals surface area contributed by atoms with E-state index in [4.69, 9.17) is 10.5 Å². The van der Waals surface area contributed by atoms with Crippen LogP contribution in [0.1, 0.15) is 6.42 Å². The molecule has 1 aliphatic heterocycles. The summed E-state index contributed by atoms with van der Waals surface area (Å²) in [7, 11) is 1.69. The highest BCUT2D eigenvalue weighted by molar-refractivity contribution is 5.78. The quantitative estimate of drug-likeness (QED) is 0.621. The van der Waals surface area contributed by atoms with Gasteiger partial charge in [-0.15, -0.1) is 0 Å². The van der Waals surface area contributed by atoms with Gasteiger partial charge in [0, 0.05) is 26.1 Å². The smallest absolute Gasteiger partial charge is 0.236 e. The first-order valence-electron chi connectivity index (χ1n) is 4.24. The van der Waals surface area contributed by atoms with E-state index in [9.17, 15) is 4.79 Å². The highest BCUT2D eigenvalue weighted by Crippen LogP contribution is 2.15. The lowest BCUT2D eigenvalue weighted by molar-refractivity contribution is -0.128. The minimum Gasteiger partial charge on any atom is -0.384 e. The van der Waals surface area contributed by atoms with Crippen LogP contribution >= 0.6 is 0 Å². The molecule has 0 aromatic rings. The Hall–Kier alpha value is -0.610. The Morgan fingerprint density at radius 2 is 2.50 bits per heavy atom. The molecule has 1 amide bonds. The molecular weight excluding hydrogens is 156 g/mol. The molecule has 0 saturated carbocycles. The zero-order chi connectivity index (χ0) is 8.97. The van der Waals surface area contributed by atoms with E-state index in [-0.39, 0.29) is 12.5 Å². The van der Waals surface area contributed by atoms with Crippen molar-refractivity contribution < 1.29 is 9.53 Å². The summed E-state index contributed by atoms with van der Waals surface area (Å²) < 4.78 is 5.02. The van der Waals surface area contributed by atoms with Gasteiger partial charge < -0.3 is 15.4 Å². The second-order valence-corrected chi connectivity index (χ2v) is 3.15. The van der Waals surface area contributed by atoms with Crippen molar-refractivity contribution in [2.45, 2.75) is 6.42 Å². The third kappa shape index (κ3) is 2.19. The van der Waals surface area contributed by atoms with Gasteiger partial charge in [0.25, 0.3) is 0 Å². The van der Waals surface area contributed by atoms with Crippen LogP contribution in [0.2, 0.25) is 0 Å². The van der Waals surface area contributed by atoms with Gasteiger partial charge in [-0.2, -0.15) is 0 Å². The molecule has 1 heterocycles. The van der Waals surface area contributed by atoms with E-state index in [2.05, 4.69) is 0 Å². The summed E-state index contributed by atoms with van der Waals surface area (Å²) in [5.41, 5.74) is 5.25. The number of methoxy groups -OCH3 is 1. The SMILES string of the molecule is COC[C@@H]1CCN(C(=O)CN)C1. The highest BCUT2D eigenvalue weighted by atomic mass is 16.5. The fourth-order valence-electron chi connectivity index (χ4n) is 1.56. The van der Waals surface area contributed by atoms with Gasteiger partial charge in [-0.3, -0.25) is 4.79 Å². The van der Waals surface area contributed by atoms with Crippen molar-refractivity contribution in [2.24, 2.45) is 11.7 Å². The molecule has 1 saturated heterocycles. The molecule has 2 N–H and O–H groups in total. The second kappa shape index (κ2) is 4.42. The van der Waals surface area contributed by atoms with E-state index in [1.807, 2.05) is 4.90 Å². The molecule has 0 aromatic carbocycles. The number of hydrogen-bond acceptors (Lipinski definition) is 3. The zero-order valence-corrected chi connectivity index (χ0v) is 7.45. The number of hydrogen-bond donors (Lipinski definition) is 1. The normalized spacial score (nSPS) is 23.2. The molecule has 1 rings (SSSR count). The average molecular weight is 172 g/mol. The number of ether oxygens (including phenoxy) is 1. The number of rotatable bonds is 3. The molecule has 1 atom stereocenters. The van der Waals surface area contributed by atoms with Crippen LogP contribution in [0.4, 0.5) is 0 Å². The minimum absolute atomic E-state index is 0.0496. The van der Waals surface area contributed by atoms with E-state index in [0.717, 1.165) is 26.1 Å². The van der Waals surface area contributed by atoms with Gasteiger partial charge in [0.15, 0.2) is 0 Å². The number of amides is 1. The number of carbonyl (C=O) groups is 1. The van der Waals surface area contributed by atoms with Gasteiger partial charge in [0.2, 0.25) is 5.91 Å². The lowest BCUT2D eigenvalue weighted by atomic mass is 10.1. The van der Waals surface area contributed by atoms with Crippen LogP contribution in [-0.2, 0) is 9.53 Å². The molecule has 4 nitrogen and oxygen atoms in total. The third-order valence-corrected chi connectivity index (χ3v) is 2.22. The maximum Gasteiger partial charge on any atom is 0.236 e. The van der Waals surface area contributed by atoms with Crippen LogP contribution in [0.15, 0.2) is 0 Å². The first-order chi connectivity index (χ1) is 5.77. The Morgan fingerprint density at radius 3 is 3.08 bits per heavy atom. The Kier molecular flexibility index (Phi) is 3.49. The standard InChI is InChI=1S/C8H16N2O2/c1-12-6-7-2-3-10(5-7)8(11)4-9/h7H,2-6,9H2,1H3/t7-/m1/s1. The van der Waals surface area contributed by atoms with Crippen LogP contribution < -0.4 is 5.73 Å². The van der Waals surface area contributed by atoms with Gasteiger partial charge in [-0.1, -0.05) is 0 Å². The Bertz CT molecular complexity index is 161. The first-order valence-corrected chi connectivity index (χ1v) is 4.24. The summed E-state index contributed by atoms with van der Waals surface area (Å²) in [5, 5.41) is 0. The molecular formula is C8H16N2O2. The van der Waals surface area contributed by atoms with Crippen LogP contribution in [0.5, 0.6) is 0 Å². The van der Waals surface area contributed by atoms with Crippen molar-refractivity contribution in [3.63, 3.8) is 0 Å². The van der Waals surface area contributed by atoms with E-state index in [0.29, 0.717) is 5.92 Å². The summed E-state index contributed by atoms with van der Waals surface area (Å²) in [6.45, 7) is 2.52. The van der Waals surface area contributed by atoms with E-state index in [1.54, 1.807) is 7.11 Å². The molecule has 0 spiro atoms. The first kappa shape index (κ1) is 9.48. The molecule has 0 aromatic heterocycles. The van der Waals surface area contributed by atoms with Crippen molar-refractivity contribution in [1.82, 2.24) is 4.90 Å². The molecule has 4 heteroatoms. The fraction of sp³-hybridized carbons (Fsp3) is 0.875. The third-order valence-electron chi connectivity index (χ3n) is 2.22. The van der Waals surface area contributed by atoms with Gasteiger partial charge in [-0.25, -0.2) is 0 Å². The van der Waals surface area contributed by atoms with Gasteiger partial charge >= 0.3 is 0 Å². The topological polar surface area (TPSA) is 55.6 Å². The maximum atomic E-state index is 11.1. The van der Waals surface area contributed by atoms with Crippen molar-refractivity contribution >= 4 is 5.91 Å². The predicted molar refractivity (Wildman–Crippen MR) is 45.6 cm³/mol. The largest absolute Gasteiger partial charge is 0.384 e. The van der Waals surface area contributed by atoms with Crippen molar-refractivity contribution in [3.8, 4) is 0 Å².